The Bertz CT molecular complexity index is 972. The first-order valence-corrected chi connectivity index (χ1v) is 8.51. The summed E-state index contributed by atoms with van der Waals surface area (Å²) in [6, 6.07) is 10.5. The number of nitrogens with one attached hydrogen (secondary N) is 2. The maximum Gasteiger partial charge on any atom is 0.252 e. The van der Waals surface area contributed by atoms with Crippen molar-refractivity contribution in [3.05, 3.63) is 89.2 Å². The van der Waals surface area contributed by atoms with Crippen LogP contribution in [0.15, 0.2) is 60.9 Å². The zero-order chi connectivity index (χ0) is 20.1. The van der Waals surface area contributed by atoms with Gasteiger partial charge in [0.15, 0.2) is 11.6 Å². The topological polar surface area (TPSA) is 76.0 Å². The van der Waals surface area contributed by atoms with E-state index in [2.05, 4.69) is 15.7 Å². The lowest BCUT2D eigenvalue weighted by Gasteiger charge is -2.18. The van der Waals surface area contributed by atoms with Crippen LogP contribution in [-0.4, -0.2) is 28.6 Å². The van der Waals surface area contributed by atoms with Crippen molar-refractivity contribution in [1.82, 2.24) is 20.4 Å². The number of carbonyl (C=O) groups is 2. The average molecular weight is 384 g/mol. The summed E-state index contributed by atoms with van der Waals surface area (Å²) in [5, 5.41) is 9.08. The lowest BCUT2D eigenvalue weighted by atomic mass is 10.0. The number of aromatic nitrogens is 2. The smallest absolute Gasteiger partial charge is 0.252 e. The Labute approximate surface area is 160 Å². The summed E-state index contributed by atoms with van der Waals surface area (Å²) >= 11 is 0. The van der Waals surface area contributed by atoms with E-state index in [1.807, 2.05) is 12.3 Å². The number of benzene rings is 2. The van der Waals surface area contributed by atoms with E-state index >= 15 is 0 Å². The van der Waals surface area contributed by atoms with E-state index in [0.717, 1.165) is 17.7 Å². The van der Waals surface area contributed by atoms with Crippen LogP contribution in [0.25, 0.3) is 0 Å². The van der Waals surface area contributed by atoms with E-state index in [1.165, 1.54) is 13.1 Å². The monoisotopic (exact) mass is 384 g/mol. The first-order chi connectivity index (χ1) is 13.5. The molecular weight excluding hydrogens is 366 g/mol. The Morgan fingerprint density at radius 1 is 1.11 bits per heavy atom. The predicted molar refractivity (Wildman–Crippen MR) is 98.4 cm³/mol. The first-order valence-electron chi connectivity index (χ1n) is 8.51. The van der Waals surface area contributed by atoms with Gasteiger partial charge in [-0.2, -0.15) is 5.10 Å². The van der Waals surface area contributed by atoms with Gasteiger partial charge in [0.1, 0.15) is 6.04 Å². The van der Waals surface area contributed by atoms with E-state index in [9.17, 15) is 18.4 Å². The molecule has 1 heterocycles. The molecule has 0 radical (unpaired) electrons. The summed E-state index contributed by atoms with van der Waals surface area (Å²) in [4.78, 5) is 24.7. The van der Waals surface area contributed by atoms with Gasteiger partial charge in [-0.25, -0.2) is 8.78 Å². The quantitative estimate of drug-likeness (QED) is 0.685. The maximum atomic E-state index is 13.5. The molecule has 1 unspecified atom stereocenters. The van der Waals surface area contributed by atoms with Gasteiger partial charge in [0.05, 0.1) is 6.54 Å². The Morgan fingerprint density at radius 3 is 2.46 bits per heavy atom. The summed E-state index contributed by atoms with van der Waals surface area (Å²) in [6.07, 6.45) is 3.51. The van der Waals surface area contributed by atoms with Gasteiger partial charge in [-0.15, -0.1) is 0 Å². The molecule has 2 aromatic carbocycles. The van der Waals surface area contributed by atoms with Crippen LogP contribution in [0.4, 0.5) is 8.78 Å². The van der Waals surface area contributed by atoms with Crippen LogP contribution in [0.5, 0.6) is 0 Å². The number of hydrogen-bond donors (Lipinski definition) is 2. The second kappa shape index (κ2) is 8.43. The van der Waals surface area contributed by atoms with Crippen LogP contribution in [0.2, 0.25) is 0 Å². The van der Waals surface area contributed by atoms with Crippen molar-refractivity contribution >= 4 is 11.8 Å². The molecule has 1 aromatic heterocycles. The summed E-state index contributed by atoms with van der Waals surface area (Å²) < 4.78 is 28.5. The maximum absolute atomic E-state index is 13.5. The highest BCUT2D eigenvalue weighted by Gasteiger charge is 2.23. The molecule has 0 fully saturated rings. The van der Waals surface area contributed by atoms with Crippen molar-refractivity contribution in [3.63, 3.8) is 0 Å². The van der Waals surface area contributed by atoms with Gasteiger partial charge >= 0.3 is 0 Å². The number of carbonyl (C=O) groups excluding carboxylic acids is 2. The largest absolute Gasteiger partial charge is 0.357 e. The normalized spacial score (nSPS) is 11.7. The van der Waals surface area contributed by atoms with Crippen molar-refractivity contribution in [2.24, 2.45) is 0 Å². The Hall–Kier alpha value is -3.55. The van der Waals surface area contributed by atoms with E-state index in [0.29, 0.717) is 12.1 Å². The second-order valence-corrected chi connectivity index (χ2v) is 6.09. The molecule has 0 aliphatic rings. The molecule has 6 nitrogen and oxygen atoms in total. The zero-order valence-electron chi connectivity index (χ0n) is 15.0. The van der Waals surface area contributed by atoms with Gasteiger partial charge in [-0.05, 0) is 41.5 Å². The molecule has 2 N–H and O–H groups in total. The van der Waals surface area contributed by atoms with E-state index in [-0.39, 0.29) is 5.56 Å². The van der Waals surface area contributed by atoms with Gasteiger partial charge in [0.25, 0.3) is 5.91 Å². The highest BCUT2D eigenvalue weighted by Crippen LogP contribution is 2.18. The number of nitrogens with zero attached hydrogens (tertiary/aromatic N) is 2. The molecule has 28 heavy (non-hydrogen) atoms. The van der Waals surface area contributed by atoms with Crippen molar-refractivity contribution in [3.8, 4) is 0 Å². The van der Waals surface area contributed by atoms with Crippen molar-refractivity contribution in [2.75, 3.05) is 7.05 Å². The van der Waals surface area contributed by atoms with Crippen molar-refractivity contribution < 1.29 is 18.4 Å². The SMILES string of the molecule is CNC(=O)C(NC(=O)c1ccc(Cn2cccn2)cc1)c1ccc(F)c(F)c1. The summed E-state index contributed by atoms with van der Waals surface area (Å²) in [5.74, 6) is -3.18. The van der Waals surface area contributed by atoms with Gasteiger partial charge in [0, 0.05) is 25.0 Å². The molecule has 0 bridgehead atoms. The predicted octanol–water partition coefficient (Wildman–Crippen LogP) is 2.43. The fraction of sp³-hybridized carbons (Fsp3) is 0.150. The van der Waals surface area contributed by atoms with Crippen LogP contribution in [0.1, 0.15) is 27.5 Å². The third-order valence-corrected chi connectivity index (χ3v) is 4.18. The average Bonchev–Trinajstić information content (AvgIpc) is 3.21. The molecule has 3 rings (SSSR count). The Balaban J connectivity index is 1.76. The molecular formula is C20H18F2N4O2. The molecule has 0 saturated heterocycles. The fourth-order valence-electron chi connectivity index (χ4n) is 2.69. The molecule has 2 amide bonds. The molecule has 3 aromatic rings. The molecule has 8 heteroatoms. The zero-order valence-corrected chi connectivity index (χ0v) is 15.0. The Morgan fingerprint density at radius 2 is 1.86 bits per heavy atom. The summed E-state index contributed by atoms with van der Waals surface area (Å²) in [6.45, 7) is 0.560. The van der Waals surface area contributed by atoms with E-state index < -0.39 is 29.5 Å². The third kappa shape index (κ3) is 4.40. The fourth-order valence-corrected chi connectivity index (χ4v) is 2.69. The van der Waals surface area contributed by atoms with Gasteiger partial charge in [-0.3, -0.25) is 14.3 Å². The lowest BCUT2D eigenvalue weighted by molar-refractivity contribution is -0.122. The number of halogens is 2. The second-order valence-electron chi connectivity index (χ2n) is 6.09. The van der Waals surface area contributed by atoms with E-state index in [4.69, 9.17) is 0 Å². The Kier molecular flexibility index (Phi) is 5.78. The standard InChI is InChI=1S/C20H18F2N4O2/c1-23-20(28)18(15-7-8-16(21)17(22)11-15)25-19(27)14-5-3-13(4-6-14)12-26-10-2-9-24-26/h2-11,18H,12H2,1H3,(H,23,28)(H,25,27). The van der Waals surface area contributed by atoms with Gasteiger partial charge < -0.3 is 10.6 Å². The highest BCUT2D eigenvalue weighted by molar-refractivity contribution is 5.97. The molecule has 0 saturated carbocycles. The molecule has 0 spiro atoms. The van der Waals surface area contributed by atoms with Crippen molar-refractivity contribution in [2.45, 2.75) is 12.6 Å². The summed E-state index contributed by atoms with van der Waals surface area (Å²) in [5.41, 5.74) is 1.42. The minimum atomic E-state index is -1.16. The third-order valence-electron chi connectivity index (χ3n) is 4.18. The minimum Gasteiger partial charge on any atom is -0.357 e. The van der Waals surface area contributed by atoms with Crippen LogP contribution in [0, 0.1) is 11.6 Å². The first kappa shape index (κ1) is 19.2. The number of amides is 2. The van der Waals surface area contributed by atoms with Crippen molar-refractivity contribution in [1.29, 1.82) is 0 Å². The van der Waals surface area contributed by atoms with Crippen LogP contribution < -0.4 is 10.6 Å². The number of likely N-dealkylation sites (N-methyl/N-ethyl adjacent to an activating group) is 1. The van der Waals surface area contributed by atoms with Crippen LogP contribution >= 0.6 is 0 Å². The molecule has 0 aliphatic heterocycles. The molecule has 1 atom stereocenters. The van der Waals surface area contributed by atoms with Crippen LogP contribution in [0.3, 0.4) is 0 Å². The lowest BCUT2D eigenvalue weighted by Crippen LogP contribution is -2.39. The van der Waals surface area contributed by atoms with E-state index in [1.54, 1.807) is 35.1 Å². The molecule has 144 valence electrons. The number of rotatable bonds is 6. The van der Waals surface area contributed by atoms with Gasteiger partial charge in [0.2, 0.25) is 5.91 Å². The molecule has 0 aliphatic carbocycles. The number of hydrogen-bond acceptors (Lipinski definition) is 3. The van der Waals surface area contributed by atoms with Gasteiger partial charge in [-0.1, -0.05) is 18.2 Å². The summed E-state index contributed by atoms with van der Waals surface area (Å²) in [7, 11) is 1.39. The minimum absolute atomic E-state index is 0.141. The highest BCUT2D eigenvalue weighted by atomic mass is 19.2. The van der Waals surface area contributed by atoms with Crippen LogP contribution in [-0.2, 0) is 11.3 Å².